The summed E-state index contributed by atoms with van der Waals surface area (Å²) in [5, 5.41) is 3.38. The number of benzene rings is 1. The van der Waals surface area contributed by atoms with Crippen LogP contribution < -0.4 is 10.2 Å². The molecule has 0 spiro atoms. The molecule has 0 saturated carbocycles. The topological polar surface area (TPSA) is 45.2 Å². The third kappa shape index (κ3) is 4.20. The van der Waals surface area contributed by atoms with Gasteiger partial charge in [0.25, 0.3) is 5.91 Å². The number of anilines is 1. The number of aromatic nitrogens is 1. The van der Waals surface area contributed by atoms with Crippen molar-refractivity contribution in [3.63, 3.8) is 0 Å². The van der Waals surface area contributed by atoms with Crippen LogP contribution in [0.25, 0.3) is 0 Å². The van der Waals surface area contributed by atoms with E-state index in [1.54, 1.807) is 12.1 Å². The normalized spacial score (nSPS) is 11.8. The van der Waals surface area contributed by atoms with E-state index in [0.717, 1.165) is 5.69 Å². The van der Waals surface area contributed by atoms with Crippen LogP contribution in [0.5, 0.6) is 0 Å². The second-order valence-electron chi connectivity index (χ2n) is 4.86. The van der Waals surface area contributed by atoms with Crippen LogP contribution in [-0.2, 0) is 0 Å². The van der Waals surface area contributed by atoms with Gasteiger partial charge in [0.1, 0.15) is 5.69 Å². The molecular weight excluding hydrogens is 286 g/mol. The molecule has 0 bridgehead atoms. The third-order valence-corrected chi connectivity index (χ3v) is 3.57. The molecule has 0 aliphatic heterocycles. The van der Waals surface area contributed by atoms with E-state index >= 15 is 0 Å². The van der Waals surface area contributed by atoms with Gasteiger partial charge in [-0.25, -0.2) is 0 Å². The van der Waals surface area contributed by atoms with E-state index in [-0.39, 0.29) is 11.9 Å². The SMILES string of the molecule is CC(CNC(=O)c1cc(Cl)ccn1)N(C)c1ccccc1. The fourth-order valence-electron chi connectivity index (χ4n) is 1.91. The minimum absolute atomic E-state index is 0.163. The van der Waals surface area contributed by atoms with Gasteiger partial charge >= 0.3 is 0 Å². The molecule has 1 N–H and O–H groups in total. The van der Waals surface area contributed by atoms with Gasteiger partial charge < -0.3 is 10.2 Å². The molecule has 5 heteroatoms. The minimum Gasteiger partial charge on any atom is -0.370 e. The molecule has 0 saturated heterocycles. The van der Waals surface area contributed by atoms with Crippen molar-refractivity contribution in [2.24, 2.45) is 0 Å². The second kappa shape index (κ2) is 7.09. The van der Waals surface area contributed by atoms with E-state index in [4.69, 9.17) is 11.6 Å². The molecule has 0 aliphatic rings. The number of halogens is 1. The average Bonchev–Trinajstić information content (AvgIpc) is 2.52. The van der Waals surface area contributed by atoms with Gasteiger partial charge in [-0.2, -0.15) is 0 Å². The number of rotatable bonds is 5. The number of carbonyl (C=O) groups is 1. The Hall–Kier alpha value is -2.07. The van der Waals surface area contributed by atoms with Crippen LogP contribution in [0.3, 0.4) is 0 Å². The highest BCUT2D eigenvalue weighted by molar-refractivity contribution is 6.30. The molecule has 1 heterocycles. The maximum Gasteiger partial charge on any atom is 0.270 e. The molecule has 1 aromatic heterocycles. The van der Waals surface area contributed by atoms with Crippen molar-refractivity contribution in [1.82, 2.24) is 10.3 Å². The lowest BCUT2D eigenvalue weighted by Gasteiger charge is -2.27. The first-order valence-electron chi connectivity index (χ1n) is 6.75. The first-order valence-corrected chi connectivity index (χ1v) is 7.13. The third-order valence-electron chi connectivity index (χ3n) is 3.34. The van der Waals surface area contributed by atoms with Gasteiger partial charge in [0.15, 0.2) is 0 Å². The van der Waals surface area contributed by atoms with E-state index in [0.29, 0.717) is 17.3 Å². The molecule has 1 atom stereocenters. The zero-order valence-electron chi connectivity index (χ0n) is 12.1. The van der Waals surface area contributed by atoms with Crippen molar-refractivity contribution in [3.05, 3.63) is 59.4 Å². The molecule has 2 rings (SSSR count). The monoisotopic (exact) mass is 303 g/mol. The Labute approximate surface area is 129 Å². The predicted molar refractivity (Wildman–Crippen MR) is 85.9 cm³/mol. The number of carbonyl (C=O) groups excluding carboxylic acids is 1. The Morgan fingerprint density at radius 3 is 2.71 bits per heavy atom. The quantitative estimate of drug-likeness (QED) is 0.923. The number of amides is 1. The van der Waals surface area contributed by atoms with E-state index in [2.05, 4.69) is 22.1 Å². The zero-order chi connectivity index (χ0) is 15.2. The number of pyridine rings is 1. The van der Waals surface area contributed by atoms with Crippen molar-refractivity contribution < 1.29 is 4.79 Å². The van der Waals surface area contributed by atoms with Crippen molar-refractivity contribution in [2.75, 3.05) is 18.5 Å². The van der Waals surface area contributed by atoms with Crippen LogP contribution >= 0.6 is 11.6 Å². The van der Waals surface area contributed by atoms with Gasteiger partial charge in [-0.05, 0) is 31.2 Å². The molecule has 2 aromatic rings. The van der Waals surface area contributed by atoms with E-state index < -0.39 is 0 Å². The van der Waals surface area contributed by atoms with Crippen LogP contribution in [-0.4, -0.2) is 30.5 Å². The Balaban J connectivity index is 1.92. The number of hydrogen-bond acceptors (Lipinski definition) is 3. The van der Waals surface area contributed by atoms with Crippen LogP contribution in [0.4, 0.5) is 5.69 Å². The number of likely N-dealkylation sites (N-methyl/N-ethyl adjacent to an activating group) is 1. The van der Waals surface area contributed by atoms with Gasteiger partial charge in [-0.1, -0.05) is 29.8 Å². The summed E-state index contributed by atoms with van der Waals surface area (Å²) in [7, 11) is 2.00. The largest absolute Gasteiger partial charge is 0.370 e. The maximum absolute atomic E-state index is 12.0. The van der Waals surface area contributed by atoms with Gasteiger partial charge in [-0.3, -0.25) is 9.78 Å². The van der Waals surface area contributed by atoms with Crippen molar-refractivity contribution in [3.8, 4) is 0 Å². The summed E-state index contributed by atoms with van der Waals surface area (Å²) in [5.41, 5.74) is 1.44. The molecule has 110 valence electrons. The highest BCUT2D eigenvalue weighted by Gasteiger charge is 2.13. The van der Waals surface area contributed by atoms with E-state index in [1.165, 1.54) is 6.20 Å². The van der Waals surface area contributed by atoms with Crippen LogP contribution in [0.1, 0.15) is 17.4 Å². The van der Waals surface area contributed by atoms with E-state index in [1.807, 2.05) is 37.4 Å². The fourth-order valence-corrected chi connectivity index (χ4v) is 2.07. The summed E-state index contributed by atoms with van der Waals surface area (Å²) in [6, 6.07) is 13.4. The maximum atomic E-state index is 12.0. The fraction of sp³-hybridized carbons (Fsp3) is 0.250. The molecule has 1 unspecified atom stereocenters. The van der Waals surface area contributed by atoms with Crippen LogP contribution in [0.2, 0.25) is 5.02 Å². The van der Waals surface area contributed by atoms with Crippen LogP contribution in [0, 0.1) is 0 Å². The highest BCUT2D eigenvalue weighted by Crippen LogP contribution is 2.13. The Kier molecular flexibility index (Phi) is 5.17. The summed E-state index contributed by atoms with van der Waals surface area (Å²) in [4.78, 5) is 18.1. The van der Waals surface area contributed by atoms with Gasteiger partial charge in [0.2, 0.25) is 0 Å². The Morgan fingerprint density at radius 2 is 2.05 bits per heavy atom. The Morgan fingerprint density at radius 1 is 1.33 bits per heavy atom. The second-order valence-corrected chi connectivity index (χ2v) is 5.30. The summed E-state index contributed by atoms with van der Waals surface area (Å²) in [6.07, 6.45) is 1.52. The summed E-state index contributed by atoms with van der Waals surface area (Å²) in [6.45, 7) is 2.58. The smallest absolute Gasteiger partial charge is 0.270 e. The highest BCUT2D eigenvalue weighted by atomic mass is 35.5. The summed E-state index contributed by atoms with van der Waals surface area (Å²) < 4.78 is 0. The van der Waals surface area contributed by atoms with E-state index in [9.17, 15) is 4.79 Å². The summed E-state index contributed by atoms with van der Waals surface area (Å²) >= 11 is 5.85. The number of nitrogens with one attached hydrogen (secondary N) is 1. The van der Waals surface area contributed by atoms with Crippen molar-refractivity contribution >= 4 is 23.2 Å². The van der Waals surface area contributed by atoms with Crippen molar-refractivity contribution in [1.29, 1.82) is 0 Å². The lowest BCUT2D eigenvalue weighted by atomic mass is 10.2. The van der Waals surface area contributed by atoms with Gasteiger partial charge in [0, 0.05) is 36.5 Å². The Bertz CT molecular complexity index is 603. The molecule has 0 radical (unpaired) electrons. The standard InChI is InChI=1S/C16H18ClN3O/c1-12(20(2)14-6-4-3-5-7-14)11-19-16(21)15-10-13(17)8-9-18-15/h3-10,12H,11H2,1-2H3,(H,19,21). The molecule has 0 fully saturated rings. The van der Waals surface area contributed by atoms with Gasteiger partial charge in [0.05, 0.1) is 0 Å². The molecule has 21 heavy (non-hydrogen) atoms. The number of para-hydroxylation sites is 1. The molecule has 4 nitrogen and oxygen atoms in total. The zero-order valence-corrected chi connectivity index (χ0v) is 12.8. The van der Waals surface area contributed by atoms with Crippen molar-refractivity contribution in [2.45, 2.75) is 13.0 Å². The first kappa shape index (κ1) is 15.3. The van der Waals surface area contributed by atoms with Crippen LogP contribution in [0.15, 0.2) is 48.7 Å². The molecule has 0 aliphatic carbocycles. The average molecular weight is 304 g/mol. The predicted octanol–water partition coefficient (Wildman–Crippen LogP) is 2.99. The lowest BCUT2D eigenvalue weighted by molar-refractivity contribution is 0.0946. The molecule has 1 aromatic carbocycles. The first-order chi connectivity index (χ1) is 10.1. The lowest BCUT2D eigenvalue weighted by Crippen LogP contribution is -2.40. The van der Waals surface area contributed by atoms with Gasteiger partial charge in [-0.15, -0.1) is 0 Å². The summed E-state index contributed by atoms with van der Waals surface area (Å²) in [5.74, 6) is -0.217. The molecular formula is C16H18ClN3O. The number of nitrogens with zero attached hydrogens (tertiary/aromatic N) is 2. The molecule has 1 amide bonds. The number of hydrogen-bond donors (Lipinski definition) is 1. The minimum atomic E-state index is -0.217.